The summed E-state index contributed by atoms with van der Waals surface area (Å²) in [6.45, 7) is 3.94. The molecule has 1 amide bonds. The molecule has 0 unspecified atom stereocenters. The molecule has 2 rings (SSSR count). The first kappa shape index (κ1) is 16.3. The molecule has 0 atom stereocenters. The Hall–Kier alpha value is -2.07. The minimum absolute atomic E-state index is 0.107. The van der Waals surface area contributed by atoms with E-state index in [-0.39, 0.29) is 17.5 Å². The molecule has 22 heavy (non-hydrogen) atoms. The van der Waals surface area contributed by atoms with Crippen LogP contribution in [0.15, 0.2) is 48.7 Å². The fraction of sp³-hybridized carbons (Fsp3) is 0.294. The molecular formula is C17H19ClN2O2. The summed E-state index contributed by atoms with van der Waals surface area (Å²) in [5.74, 6) is 0.843. The number of amides is 1. The van der Waals surface area contributed by atoms with Gasteiger partial charge in [-0.25, -0.2) is 4.98 Å². The first-order valence-corrected chi connectivity index (χ1v) is 7.54. The number of benzene rings is 1. The van der Waals surface area contributed by atoms with Crippen molar-refractivity contribution < 1.29 is 9.90 Å². The summed E-state index contributed by atoms with van der Waals surface area (Å²) in [5.41, 5.74) is 0.125. The monoisotopic (exact) mass is 318 g/mol. The molecule has 0 saturated heterocycles. The molecule has 0 radical (unpaired) electrons. The van der Waals surface area contributed by atoms with Crippen LogP contribution in [0.3, 0.4) is 0 Å². The number of pyridine rings is 1. The SMILES string of the molecule is CC(C)(CCl)C(=O)N(Cc1cccc(O)c1)c1ccccn1. The molecule has 116 valence electrons. The Labute approximate surface area is 135 Å². The van der Waals surface area contributed by atoms with Crippen LogP contribution in [0.25, 0.3) is 0 Å². The van der Waals surface area contributed by atoms with E-state index < -0.39 is 5.41 Å². The van der Waals surface area contributed by atoms with E-state index in [1.807, 2.05) is 12.1 Å². The summed E-state index contributed by atoms with van der Waals surface area (Å²) in [6, 6.07) is 12.3. The second kappa shape index (κ2) is 6.79. The molecule has 2 aromatic rings. The van der Waals surface area contributed by atoms with Gasteiger partial charge in [-0.1, -0.05) is 18.2 Å². The second-order valence-corrected chi connectivity index (χ2v) is 6.03. The summed E-state index contributed by atoms with van der Waals surface area (Å²) in [4.78, 5) is 18.7. The van der Waals surface area contributed by atoms with Gasteiger partial charge in [-0.05, 0) is 43.7 Å². The number of halogens is 1. The quantitative estimate of drug-likeness (QED) is 0.857. The van der Waals surface area contributed by atoms with Crippen molar-refractivity contribution in [3.8, 4) is 5.75 Å². The van der Waals surface area contributed by atoms with Gasteiger partial charge in [0.05, 0.1) is 12.0 Å². The molecular weight excluding hydrogens is 300 g/mol. The average molecular weight is 319 g/mol. The van der Waals surface area contributed by atoms with E-state index in [2.05, 4.69) is 4.98 Å². The second-order valence-electron chi connectivity index (χ2n) is 5.77. The van der Waals surface area contributed by atoms with E-state index in [9.17, 15) is 9.90 Å². The summed E-state index contributed by atoms with van der Waals surface area (Å²) < 4.78 is 0. The first-order chi connectivity index (χ1) is 10.4. The largest absolute Gasteiger partial charge is 0.508 e. The molecule has 0 spiro atoms. The summed E-state index contributed by atoms with van der Waals surface area (Å²) in [5, 5.41) is 9.60. The van der Waals surface area contributed by atoms with Gasteiger partial charge in [-0.15, -0.1) is 11.6 Å². The number of hydrogen-bond acceptors (Lipinski definition) is 3. The Morgan fingerprint density at radius 1 is 1.27 bits per heavy atom. The number of carbonyl (C=O) groups excluding carboxylic acids is 1. The molecule has 0 bridgehead atoms. The number of nitrogens with zero attached hydrogens (tertiary/aromatic N) is 2. The molecule has 4 nitrogen and oxygen atoms in total. The molecule has 5 heteroatoms. The van der Waals surface area contributed by atoms with E-state index in [1.165, 1.54) is 0 Å². The van der Waals surface area contributed by atoms with Crippen LogP contribution >= 0.6 is 11.6 Å². The maximum absolute atomic E-state index is 12.8. The molecule has 1 heterocycles. The van der Waals surface area contributed by atoms with E-state index in [0.29, 0.717) is 12.4 Å². The van der Waals surface area contributed by atoms with Gasteiger partial charge in [0.1, 0.15) is 11.6 Å². The van der Waals surface area contributed by atoms with Crippen molar-refractivity contribution in [1.29, 1.82) is 0 Å². The summed E-state index contributed by atoms with van der Waals surface area (Å²) in [7, 11) is 0. The van der Waals surface area contributed by atoms with Crippen LogP contribution < -0.4 is 4.90 Å². The predicted octanol–water partition coefficient (Wildman–Crippen LogP) is 3.59. The van der Waals surface area contributed by atoms with E-state index in [4.69, 9.17) is 11.6 Å². The number of anilines is 1. The number of phenolic OH excluding ortho intramolecular Hbond substituents is 1. The third-order valence-corrected chi connectivity index (χ3v) is 4.00. The van der Waals surface area contributed by atoms with Crippen LogP contribution in [0, 0.1) is 5.41 Å². The van der Waals surface area contributed by atoms with Gasteiger partial charge in [0.15, 0.2) is 0 Å². The predicted molar refractivity (Wildman–Crippen MR) is 88.0 cm³/mol. The van der Waals surface area contributed by atoms with Crippen LogP contribution in [-0.4, -0.2) is 21.9 Å². The van der Waals surface area contributed by atoms with Crippen molar-refractivity contribution in [2.24, 2.45) is 5.41 Å². The van der Waals surface area contributed by atoms with Crippen LogP contribution in [-0.2, 0) is 11.3 Å². The highest BCUT2D eigenvalue weighted by atomic mass is 35.5. The summed E-state index contributed by atoms with van der Waals surface area (Å²) >= 11 is 5.94. The number of hydrogen-bond donors (Lipinski definition) is 1. The fourth-order valence-corrected chi connectivity index (χ4v) is 2.14. The van der Waals surface area contributed by atoms with Gasteiger partial charge < -0.3 is 5.11 Å². The van der Waals surface area contributed by atoms with Crippen LogP contribution in [0.4, 0.5) is 5.82 Å². The zero-order valence-corrected chi connectivity index (χ0v) is 13.4. The van der Waals surface area contributed by atoms with E-state index in [1.54, 1.807) is 55.3 Å². The minimum Gasteiger partial charge on any atom is -0.508 e. The van der Waals surface area contributed by atoms with Crippen molar-refractivity contribution in [3.63, 3.8) is 0 Å². The van der Waals surface area contributed by atoms with Crippen molar-refractivity contribution in [2.75, 3.05) is 10.8 Å². The van der Waals surface area contributed by atoms with Gasteiger partial charge in [-0.3, -0.25) is 9.69 Å². The number of aromatic hydroxyl groups is 1. The highest BCUT2D eigenvalue weighted by Crippen LogP contribution is 2.26. The first-order valence-electron chi connectivity index (χ1n) is 7.01. The van der Waals surface area contributed by atoms with Crippen molar-refractivity contribution in [3.05, 3.63) is 54.2 Å². The van der Waals surface area contributed by atoms with Gasteiger partial charge >= 0.3 is 0 Å². The number of phenols is 1. The lowest BCUT2D eigenvalue weighted by Gasteiger charge is -2.30. The minimum atomic E-state index is -0.699. The lowest BCUT2D eigenvalue weighted by atomic mass is 9.94. The Morgan fingerprint density at radius 3 is 2.64 bits per heavy atom. The molecule has 0 aliphatic heterocycles. The van der Waals surface area contributed by atoms with Gasteiger partial charge in [0.25, 0.3) is 0 Å². The lowest BCUT2D eigenvalue weighted by molar-refractivity contribution is -0.125. The van der Waals surface area contributed by atoms with Gasteiger partial charge in [-0.2, -0.15) is 0 Å². The molecule has 1 N–H and O–H groups in total. The third kappa shape index (κ3) is 3.77. The Bertz CT molecular complexity index is 644. The fourth-order valence-electron chi connectivity index (χ4n) is 2.03. The third-order valence-electron chi connectivity index (χ3n) is 3.34. The smallest absolute Gasteiger partial charge is 0.235 e. The molecule has 1 aromatic carbocycles. The van der Waals surface area contributed by atoms with Gasteiger partial charge in [0, 0.05) is 12.1 Å². The molecule has 0 aliphatic rings. The Balaban J connectivity index is 2.36. The zero-order chi connectivity index (χ0) is 16.2. The number of aromatic nitrogens is 1. The zero-order valence-electron chi connectivity index (χ0n) is 12.7. The van der Waals surface area contributed by atoms with Crippen LogP contribution in [0.5, 0.6) is 5.75 Å². The lowest BCUT2D eigenvalue weighted by Crippen LogP contribution is -2.42. The maximum Gasteiger partial charge on any atom is 0.235 e. The molecule has 0 fully saturated rings. The van der Waals surface area contributed by atoms with Crippen LogP contribution in [0.2, 0.25) is 0 Å². The Morgan fingerprint density at radius 2 is 2.05 bits per heavy atom. The number of carbonyl (C=O) groups is 1. The van der Waals surface area contributed by atoms with E-state index >= 15 is 0 Å². The van der Waals surface area contributed by atoms with E-state index in [0.717, 1.165) is 5.56 Å². The van der Waals surface area contributed by atoms with Crippen molar-refractivity contribution in [2.45, 2.75) is 20.4 Å². The highest BCUT2D eigenvalue weighted by molar-refractivity contribution is 6.20. The maximum atomic E-state index is 12.8. The Kier molecular flexibility index (Phi) is 5.03. The topological polar surface area (TPSA) is 53.4 Å². The van der Waals surface area contributed by atoms with Crippen LogP contribution in [0.1, 0.15) is 19.4 Å². The molecule has 1 aromatic heterocycles. The van der Waals surface area contributed by atoms with Crippen molar-refractivity contribution >= 4 is 23.3 Å². The van der Waals surface area contributed by atoms with Gasteiger partial charge in [0.2, 0.25) is 5.91 Å². The molecule has 0 aliphatic carbocycles. The molecule has 0 saturated carbocycles. The summed E-state index contributed by atoms with van der Waals surface area (Å²) in [6.07, 6.45) is 1.64. The number of alkyl halides is 1. The highest BCUT2D eigenvalue weighted by Gasteiger charge is 2.32. The van der Waals surface area contributed by atoms with Crippen molar-refractivity contribution in [1.82, 2.24) is 4.98 Å². The standard InChI is InChI=1S/C17H19ClN2O2/c1-17(2,12-18)16(22)20(15-8-3-4-9-19-15)11-13-6-5-7-14(21)10-13/h3-10,21H,11-12H2,1-2H3. The normalized spacial score (nSPS) is 11.2. The average Bonchev–Trinajstić information content (AvgIpc) is 2.53. The number of rotatable bonds is 5.